The summed E-state index contributed by atoms with van der Waals surface area (Å²) in [6.07, 6.45) is 0.664. The Hall–Kier alpha value is -1.62. The molecular formula is C9H12N2O3. The van der Waals surface area contributed by atoms with Gasteiger partial charge in [0.1, 0.15) is 0 Å². The standard InChI is InChI=1S/C9H12N2O3/c12-7-1-6-10-8-2-4-9(5-3-8)11(13)14/h2-5,10,12H,1,6-7H2. The van der Waals surface area contributed by atoms with E-state index < -0.39 is 4.92 Å². The first-order valence-electron chi connectivity index (χ1n) is 4.33. The topological polar surface area (TPSA) is 75.4 Å². The number of nitro groups is 1. The Morgan fingerprint density at radius 1 is 1.36 bits per heavy atom. The summed E-state index contributed by atoms with van der Waals surface area (Å²) >= 11 is 0. The van der Waals surface area contributed by atoms with Crippen LogP contribution in [0.25, 0.3) is 0 Å². The highest BCUT2D eigenvalue weighted by Crippen LogP contribution is 2.14. The van der Waals surface area contributed by atoms with Crippen molar-refractivity contribution in [1.82, 2.24) is 0 Å². The zero-order chi connectivity index (χ0) is 10.4. The number of nitro benzene ring substituents is 1. The molecule has 14 heavy (non-hydrogen) atoms. The predicted octanol–water partition coefficient (Wildman–Crippen LogP) is 1.39. The number of aliphatic hydroxyl groups is 1. The lowest BCUT2D eigenvalue weighted by Crippen LogP contribution is -2.03. The predicted molar refractivity (Wildman–Crippen MR) is 53.3 cm³/mol. The minimum absolute atomic E-state index is 0.0812. The molecule has 1 aromatic carbocycles. The van der Waals surface area contributed by atoms with Gasteiger partial charge in [0, 0.05) is 31.0 Å². The highest BCUT2D eigenvalue weighted by Gasteiger charge is 2.02. The summed E-state index contributed by atoms with van der Waals surface area (Å²) in [5.41, 5.74) is 0.904. The molecule has 0 heterocycles. The number of benzene rings is 1. The molecular weight excluding hydrogens is 184 g/mol. The maximum absolute atomic E-state index is 10.3. The molecule has 0 aliphatic carbocycles. The molecule has 1 aromatic rings. The monoisotopic (exact) mass is 196 g/mol. The first kappa shape index (κ1) is 10.5. The molecule has 0 atom stereocenters. The van der Waals surface area contributed by atoms with Crippen LogP contribution in [0.5, 0.6) is 0 Å². The van der Waals surface area contributed by atoms with Crippen molar-refractivity contribution in [3.63, 3.8) is 0 Å². The average Bonchev–Trinajstić information content (AvgIpc) is 2.19. The Morgan fingerprint density at radius 3 is 2.50 bits per heavy atom. The number of non-ortho nitro benzene ring substituents is 1. The van der Waals surface area contributed by atoms with E-state index in [1.54, 1.807) is 12.1 Å². The lowest BCUT2D eigenvalue weighted by molar-refractivity contribution is -0.384. The van der Waals surface area contributed by atoms with Crippen LogP contribution in [0.15, 0.2) is 24.3 Å². The van der Waals surface area contributed by atoms with Crippen LogP contribution in [-0.2, 0) is 0 Å². The van der Waals surface area contributed by atoms with E-state index in [-0.39, 0.29) is 12.3 Å². The Labute approximate surface area is 81.5 Å². The smallest absolute Gasteiger partial charge is 0.269 e. The van der Waals surface area contributed by atoms with Gasteiger partial charge < -0.3 is 10.4 Å². The van der Waals surface area contributed by atoms with Gasteiger partial charge in [-0.05, 0) is 18.6 Å². The molecule has 2 N–H and O–H groups in total. The Kier molecular flexibility index (Phi) is 3.87. The van der Waals surface area contributed by atoms with Gasteiger partial charge >= 0.3 is 0 Å². The third-order valence-corrected chi connectivity index (χ3v) is 1.74. The van der Waals surface area contributed by atoms with Crippen LogP contribution in [0.4, 0.5) is 11.4 Å². The van der Waals surface area contributed by atoms with Gasteiger partial charge in [0.05, 0.1) is 4.92 Å². The van der Waals surface area contributed by atoms with Gasteiger partial charge in [0.25, 0.3) is 5.69 Å². The van der Waals surface area contributed by atoms with Gasteiger partial charge in [0.2, 0.25) is 0 Å². The molecule has 0 fully saturated rings. The molecule has 0 saturated heterocycles. The molecule has 1 rings (SSSR count). The minimum atomic E-state index is -0.433. The van der Waals surface area contributed by atoms with Gasteiger partial charge in [0.15, 0.2) is 0 Å². The van der Waals surface area contributed by atoms with Crippen LogP contribution in [-0.4, -0.2) is 23.2 Å². The van der Waals surface area contributed by atoms with E-state index in [9.17, 15) is 10.1 Å². The first-order chi connectivity index (χ1) is 6.74. The molecule has 0 radical (unpaired) electrons. The largest absolute Gasteiger partial charge is 0.396 e. The highest BCUT2D eigenvalue weighted by atomic mass is 16.6. The van der Waals surface area contributed by atoms with Crippen LogP contribution in [0.3, 0.4) is 0 Å². The van der Waals surface area contributed by atoms with Crippen molar-refractivity contribution in [2.75, 3.05) is 18.5 Å². The SMILES string of the molecule is O=[N+]([O-])c1ccc(NCCCO)cc1. The summed E-state index contributed by atoms with van der Waals surface area (Å²) in [4.78, 5) is 9.89. The summed E-state index contributed by atoms with van der Waals surface area (Å²) in [5, 5.41) is 21.9. The summed E-state index contributed by atoms with van der Waals surface area (Å²) in [6.45, 7) is 0.800. The fourth-order valence-corrected chi connectivity index (χ4v) is 1.01. The van der Waals surface area contributed by atoms with Gasteiger partial charge in [-0.1, -0.05) is 0 Å². The zero-order valence-electron chi connectivity index (χ0n) is 7.64. The van der Waals surface area contributed by atoms with Gasteiger partial charge in [-0.2, -0.15) is 0 Å². The van der Waals surface area contributed by atoms with Gasteiger partial charge in [-0.3, -0.25) is 10.1 Å². The molecule has 0 spiro atoms. The molecule has 0 aromatic heterocycles. The average molecular weight is 196 g/mol. The van der Waals surface area contributed by atoms with Gasteiger partial charge in [-0.15, -0.1) is 0 Å². The number of nitrogens with zero attached hydrogens (tertiary/aromatic N) is 1. The van der Waals surface area contributed by atoms with Crippen LogP contribution >= 0.6 is 0 Å². The molecule has 5 nitrogen and oxygen atoms in total. The zero-order valence-corrected chi connectivity index (χ0v) is 7.64. The maximum atomic E-state index is 10.3. The number of hydrogen-bond acceptors (Lipinski definition) is 4. The van der Waals surface area contributed by atoms with Crippen LogP contribution in [0, 0.1) is 10.1 Å². The highest BCUT2D eigenvalue weighted by molar-refractivity contribution is 5.48. The minimum Gasteiger partial charge on any atom is -0.396 e. The summed E-state index contributed by atoms with van der Waals surface area (Å²) in [5.74, 6) is 0. The lowest BCUT2D eigenvalue weighted by Gasteiger charge is -2.03. The van der Waals surface area contributed by atoms with Crippen molar-refractivity contribution in [1.29, 1.82) is 0 Å². The number of aliphatic hydroxyl groups excluding tert-OH is 1. The van der Waals surface area contributed by atoms with Crippen LogP contribution in [0.1, 0.15) is 6.42 Å². The third kappa shape index (κ3) is 3.02. The molecule has 5 heteroatoms. The second-order valence-corrected chi connectivity index (χ2v) is 2.81. The van der Waals surface area contributed by atoms with Crippen molar-refractivity contribution >= 4 is 11.4 Å². The normalized spacial score (nSPS) is 9.79. The fraction of sp³-hybridized carbons (Fsp3) is 0.333. The maximum Gasteiger partial charge on any atom is 0.269 e. The van der Waals surface area contributed by atoms with Crippen molar-refractivity contribution in [3.05, 3.63) is 34.4 Å². The number of rotatable bonds is 5. The Bertz CT molecular complexity index is 297. The quantitative estimate of drug-likeness (QED) is 0.424. The van der Waals surface area contributed by atoms with Crippen molar-refractivity contribution in [2.45, 2.75) is 6.42 Å². The van der Waals surface area contributed by atoms with Crippen LogP contribution in [0.2, 0.25) is 0 Å². The molecule has 0 amide bonds. The molecule has 0 aliphatic rings. The summed E-state index contributed by atoms with van der Waals surface area (Å²) in [6, 6.07) is 6.19. The molecule has 0 bridgehead atoms. The Morgan fingerprint density at radius 2 is 2.00 bits per heavy atom. The van der Waals surface area contributed by atoms with E-state index in [2.05, 4.69) is 5.32 Å². The van der Waals surface area contributed by atoms with E-state index in [0.717, 1.165) is 5.69 Å². The van der Waals surface area contributed by atoms with E-state index in [1.807, 2.05) is 0 Å². The first-order valence-corrected chi connectivity index (χ1v) is 4.33. The number of nitrogens with one attached hydrogen (secondary N) is 1. The second-order valence-electron chi connectivity index (χ2n) is 2.81. The molecule has 0 saturated carbocycles. The molecule has 0 aliphatic heterocycles. The summed E-state index contributed by atoms with van der Waals surface area (Å²) in [7, 11) is 0. The summed E-state index contributed by atoms with van der Waals surface area (Å²) < 4.78 is 0. The fourth-order valence-electron chi connectivity index (χ4n) is 1.01. The second kappa shape index (κ2) is 5.18. The molecule has 0 unspecified atom stereocenters. The van der Waals surface area contributed by atoms with Crippen molar-refractivity contribution in [3.8, 4) is 0 Å². The van der Waals surface area contributed by atoms with E-state index in [4.69, 9.17) is 5.11 Å². The van der Waals surface area contributed by atoms with Crippen molar-refractivity contribution < 1.29 is 10.0 Å². The Balaban J connectivity index is 2.51. The third-order valence-electron chi connectivity index (χ3n) is 1.74. The lowest BCUT2D eigenvalue weighted by atomic mass is 10.3. The van der Waals surface area contributed by atoms with Crippen molar-refractivity contribution in [2.24, 2.45) is 0 Å². The van der Waals surface area contributed by atoms with Crippen LogP contribution < -0.4 is 5.32 Å². The number of anilines is 1. The van der Waals surface area contributed by atoms with Gasteiger partial charge in [-0.25, -0.2) is 0 Å². The van der Waals surface area contributed by atoms with E-state index >= 15 is 0 Å². The van der Waals surface area contributed by atoms with E-state index in [1.165, 1.54) is 12.1 Å². The molecule has 76 valence electrons. The number of hydrogen-bond donors (Lipinski definition) is 2. The van der Waals surface area contributed by atoms with E-state index in [0.29, 0.717) is 13.0 Å².